The fraction of sp³-hybridized carbons (Fsp3) is 0.874. The van der Waals surface area contributed by atoms with Gasteiger partial charge in [-0.15, -0.1) is 0 Å². The van der Waals surface area contributed by atoms with Gasteiger partial charge in [-0.2, -0.15) is 65.9 Å². The molecular weight excluding hydrogens is 1830 g/mol. The fourth-order valence-electron chi connectivity index (χ4n) is 21.8. The Morgan fingerprint density at radius 1 is 0.341 bits per heavy atom. The molecule has 784 valence electrons. The molecule has 8 bridgehead atoms. The Bertz CT molecular complexity index is 4140. The number of hydrogen-bond donors (Lipinski definition) is 6. The van der Waals surface area contributed by atoms with Gasteiger partial charge in [-0.05, 0) is 310 Å². The first-order valence-electron chi connectivity index (χ1n) is 44.9. The standard InChI is InChI=1S/C34H55F3O8.C31H48F6O8.C30H46F6O9/c1-21(2)24(39)42-17-23(38)43-33-16-22-14-31(19-33,28(9,10)44-26(5,6)25(3,4)40)18-32(15-22,20-33)29(11,12)45-27(7,8)30(13,41)34(35,36)37;1-16(2)23(39)42-15-20(38)43-19-14-17-13-18(19)22(25(5,6)45-27(9,10)29(12,41)31(35,36)37)21(17)24(3,4)44-26(7,8)28(11,40)30(32,33)34;1-15(2)22(38)41-14-18(37)42-17-13-16-19(23(3,4)44-25(7,8)27(11,39)29(31,32)33)20(21(17)43-16)24(5,6)45-26(9,10)28(12,40)30(34,35)36/h22,40-41H,1,14-20H2,2-13H3;17-19,21-22,40-41H,1,13-15H2,2-12H3;16-17,19-21,39-40H,1,13-14H2,2-12H3. The van der Waals surface area contributed by atoms with Crippen LogP contribution in [0.4, 0.5) is 65.9 Å². The highest BCUT2D eigenvalue weighted by atomic mass is 19.4. The molecule has 0 radical (unpaired) electrons. The molecule has 6 N–H and O–H groups in total. The molecule has 6 aliphatic carbocycles. The smallest absolute Gasteiger partial charge is 0.419 e. The van der Waals surface area contributed by atoms with E-state index < -0.39 is 258 Å². The summed E-state index contributed by atoms with van der Waals surface area (Å²) in [6.45, 7) is 53.0. The average Bonchev–Trinajstić information content (AvgIpc) is 1.67. The third-order valence-electron chi connectivity index (χ3n) is 31.1. The summed E-state index contributed by atoms with van der Waals surface area (Å²) in [5, 5.41) is 63.8. The Morgan fingerprint density at radius 2 is 0.622 bits per heavy atom. The first kappa shape index (κ1) is 120. The van der Waals surface area contributed by atoms with Crippen molar-refractivity contribution in [2.45, 2.75) is 455 Å². The normalized spacial score (nSPS) is 28.5. The van der Waals surface area contributed by atoms with Crippen molar-refractivity contribution in [1.82, 2.24) is 0 Å². The Labute approximate surface area is 783 Å². The van der Waals surface area contributed by atoms with Gasteiger partial charge in [0.25, 0.3) is 0 Å². The van der Waals surface area contributed by atoms with E-state index in [1.165, 1.54) is 76.2 Å². The third kappa shape index (κ3) is 24.0. The minimum Gasteiger partial charge on any atom is -0.460 e. The Kier molecular flexibility index (Phi) is 33.5. The van der Waals surface area contributed by atoms with Gasteiger partial charge in [-0.25, -0.2) is 28.8 Å². The lowest BCUT2D eigenvalue weighted by Crippen LogP contribution is -2.73. The number of carbonyl (C=O) groups excluding carboxylic acids is 6. The maximum absolute atomic E-state index is 14.1. The van der Waals surface area contributed by atoms with E-state index >= 15 is 0 Å². The van der Waals surface area contributed by atoms with Crippen LogP contribution in [0.15, 0.2) is 36.5 Å². The Balaban J connectivity index is 0.000000358. The molecule has 2 saturated heterocycles. The van der Waals surface area contributed by atoms with Crippen LogP contribution in [0.5, 0.6) is 0 Å². The molecule has 0 aromatic carbocycles. The second kappa shape index (κ2) is 37.6. The Hall–Kier alpha value is -5.53. The molecule has 0 aromatic rings. The van der Waals surface area contributed by atoms with Gasteiger partial charge in [0.1, 0.15) is 51.9 Å². The molecule has 6 saturated carbocycles. The highest BCUT2D eigenvalue weighted by molar-refractivity contribution is 5.89. The van der Waals surface area contributed by atoms with E-state index in [-0.39, 0.29) is 41.4 Å². The van der Waals surface area contributed by atoms with Gasteiger partial charge in [0.15, 0.2) is 47.8 Å². The van der Waals surface area contributed by atoms with Gasteiger partial charge >= 0.3 is 66.7 Å². The third-order valence-corrected chi connectivity index (χ3v) is 31.1. The summed E-state index contributed by atoms with van der Waals surface area (Å²) in [4.78, 5) is 73.8. The van der Waals surface area contributed by atoms with Crippen molar-refractivity contribution in [2.24, 2.45) is 52.3 Å². The number of alkyl halides is 15. The molecule has 40 heteroatoms. The molecular formula is C95H149F15O25. The summed E-state index contributed by atoms with van der Waals surface area (Å²) in [6.07, 6.45) is -25.3. The number of fused-ring (bicyclic) bond motifs is 4. The van der Waals surface area contributed by atoms with Crippen molar-refractivity contribution in [3.05, 3.63) is 36.5 Å². The maximum atomic E-state index is 14.1. The van der Waals surface area contributed by atoms with Gasteiger partial charge in [0, 0.05) is 51.7 Å². The number of carbonyl (C=O) groups is 6. The second-order valence-corrected chi connectivity index (χ2v) is 46.2. The van der Waals surface area contributed by atoms with Crippen molar-refractivity contribution in [2.75, 3.05) is 19.8 Å². The van der Waals surface area contributed by atoms with E-state index in [1.807, 2.05) is 27.7 Å². The van der Waals surface area contributed by atoms with E-state index in [0.29, 0.717) is 72.6 Å². The molecule has 135 heavy (non-hydrogen) atoms. The summed E-state index contributed by atoms with van der Waals surface area (Å²) < 4.78 is 285. The van der Waals surface area contributed by atoms with Crippen molar-refractivity contribution in [1.29, 1.82) is 0 Å². The summed E-state index contributed by atoms with van der Waals surface area (Å²) in [6, 6.07) is 0. The van der Waals surface area contributed by atoms with Gasteiger partial charge in [0.05, 0.1) is 50.9 Å². The second-order valence-electron chi connectivity index (χ2n) is 46.2. The minimum absolute atomic E-state index is 0.00857. The van der Waals surface area contributed by atoms with Crippen LogP contribution in [-0.4, -0.2) is 248 Å². The number of aliphatic hydroxyl groups is 6. The van der Waals surface area contributed by atoms with Crippen LogP contribution in [0.1, 0.15) is 293 Å². The molecule has 8 aliphatic rings. The topological polar surface area (TPSA) is 344 Å². The fourth-order valence-corrected chi connectivity index (χ4v) is 21.8. The van der Waals surface area contributed by atoms with Crippen LogP contribution in [0.2, 0.25) is 0 Å². The van der Waals surface area contributed by atoms with Crippen molar-refractivity contribution < 1.29 is 187 Å². The van der Waals surface area contributed by atoms with E-state index in [4.69, 9.17) is 61.6 Å². The lowest BCUT2D eigenvalue weighted by Gasteiger charge is -2.72. The van der Waals surface area contributed by atoms with E-state index in [1.54, 1.807) is 41.5 Å². The van der Waals surface area contributed by atoms with E-state index in [0.717, 1.165) is 62.3 Å². The predicted octanol–water partition coefficient (Wildman–Crippen LogP) is 17.8. The molecule has 25 nitrogen and oxygen atoms in total. The number of esters is 6. The van der Waals surface area contributed by atoms with Crippen LogP contribution in [0.25, 0.3) is 0 Å². The van der Waals surface area contributed by atoms with Crippen LogP contribution < -0.4 is 0 Å². The quantitative estimate of drug-likeness (QED) is 0.0147. The molecule has 0 aromatic heterocycles. The van der Waals surface area contributed by atoms with Crippen molar-refractivity contribution in [3.63, 3.8) is 0 Å². The minimum atomic E-state index is -5.11. The predicted molar refractivity (Wildman–Crippen MR) is 461 cm³/mol. The zero-order valence-electron chi connectivity index (χ0n) is 84.6. The highest BCUT2D eigenvalue weighted by Gasteiger charge is 2.77. The number of hydrogen-bond acceptors (Lipinski definition) is 25. The monoisotopic (exact) mass is 1980 g/mol. The summed E-state index contributed by atoms with van der Waals surface area (Å²) >= 11 is 0. The van der Waals surface area contributed by atoms with Crippen molar-refractivity contribution >= 4 is 35.8 Å². The first-order chi connectivity index (χ1) is 59.3. The van der Waals surface area contributed by atoms with Gasteiger partial charge < -0.3 is 92.2 Å². The molecule has 19 atom stereocenters. The number of rotatable bonds is 36. The van der Waals surface area contributed by atoms with Crippen LogP contribution in [0, 0.1) is 52.3 Å². The highest BCUT2D eigenvalue weighted by Crippen LogP contribution is 2.75. The van der Waals surface area contributed by atoms with Gasteiger partial charge in [0.2, 0.25) is 0 Å². The lowest BCUT2D eigenvalue weighted by molar-refractivity contribution is -0.359. The van der Waals surface area contributed by atoms with Crippen LogP contribution >= 0.6 is 0 Å². The van der Waals surface area contributed by atoms with Crippen molar-refractivity contribution in [3.8, 4) is 0 Å². The zero-order chi connectivity index (χ0) is 106. The van der Waals surface area contributed by atoms with Gasteiger partial charge in [-0.3, -0.25) is 0 Å². The molecule has 8 fully saturated rings. The SMILES string of the molecule is C=C(C)C(=O)OCC(=O)OC12CC3CC(C(C)(C)OC(C)(C)C(C)(C)O)(C1)CC(C(C)(C)OC(C)(C)C(C)(O)C(F)(F)F)(C3)C2.C=C(C)C(=O)OCC(=O)OC1CC2CC1C(C(C)(C)OC(C)(C)C(C)(O)C(F)(F)F)C2C(C)(C)OC(C)(C)C(C)(O)C(F)(F)F.C=C(C)C(=O)OCC(=O)OC1CC2OC1C(C(C)(C)OC(C)(C)C(C)(O)C(F)(F)F)C2C(C)(C)OC(C)(C)C(C)(O)C(F)(F)F. The summed E-state index contributed by atoms with van der Waals surface area (Å²) in [5.74, 6) is -9.14. The summed E-state index contributed by atoms with van der Waals surface area (Å²) in [5.41, 5.74) is -40.0. The Morgan fingerprint density at radius 3 is 0.933 bits per heavy atom. The maximum Gasteiger partial charge on any atom is 0.419 e. The van der Waals surface area contributed by atoms with Crippen LogP contribution in [0.3, 0.4) is 0 Å². The first-order valence-corrected chi connectivity index (χ1v) is 44.9. The molecule has 8 rings (SSSR count). The molecule has 2 aliphatic heterocycles. The average molecular weight is 1980 g/mol. The van der Waals surface area contributed by atoms with E-state index in [9.17, 15) is 125 Å². The molecule has 0 spiro atoms. The zero-order valence-corrected chi connectivity index (χ0v) is 84.6. The molecule has 19 unspecified atom stereocenters. The largest absolute Gasteiger partial charge is 0.460 e. The molecule has 2 heterocycles. The number of ether oxygens (including phenoxy) is 13. The summed E-state index contributed by atoms with van der Waals surface area (Å²) in [7, 11) is 0. The van der Waals surface area contributed by atoms with E-state index in [2.05, 4.69) is 19.7 Å². The van der Waals surface area contributed by atoms with Crippen LogP contribution in [-0.2, 0) is 90.3 Å². The molecule has 0 amide bonds. The number of halogens is 15. The lowest BCUT2D eigenvalue weighted by atomic mass is 9.37. The van der Waals surface area contributed by atoms with Gasteiger partial charge in [-0.1, -0.05) is 19.7 Å².